The topological polar surface area (TPSA) is 74.4 Å². The van der Waals surface area contributed by atoms with Crippen LogP contribution in [-0.4, -0.2) is 47.9 Å². The van der Waals surface area contributed by atoms with E-state index in [1.165, 1.54) is 0 Å². The minimum absolute atomic E-state index is 0.0103. The average Bonchev–Trinajstić information content (AvgIpc) is 3.18. The van der Waals surface area contributed by atoms with Crippen LogP contribution in [-0.2, 0) is 0 Å². The summed E-state index contributed by atoms with van der Waals surface area (Å²) in [6, 6.07) is 16.9. The van der Waals surface area contributed by atoms with Crippen molar-refractivity contribution >= 4 is 22.7 Å². The van der Waals surface area contributed by atoms with Gasteiger partial charge in [-0.25, -0.2) is 0 Å². The molecule has 2 heterocycles. The van der Waals surface area contributed by atoms with Crippen molar-refractivity contribution in [3.8, 4) is 5.75 Å². The van der Waals surface area contributed by atoms with Gasteiger partial charge in [0.2, 0.25) is 0 Å². The van der Waals surface area contributed by atoms with Crippen LogP contribution in [0.15, 0.2) is 54.6 Å². The molecule has 0 bridgehead atoms. The molecule has 1 fully saturated rings. The molecule has 6 heteroatoms. The van der Waals surface area contributed by atoms with Gasteiger partial charge in [-0.2, -0.15) is 0 Å². The maximum atomic E-state index is 12.8. The maximum Gasteiger partial charge on any atom is 0.270 e. The molecule has 3 aromatic rings. The van der Waals surface area contributed by atoms with E-state index in [9.17, 15) is 9.59 Å². The van der Waals surface area contributed by atoms with Gasteiger partial charge in [0.25, 0.3) is 11.8 Å². The van der Waals surface area contributed by atoms with Crippen LogP contribution in [0.3, 0.4) is 0 Å². The number of amides is 2. The van der Waals surface area contributed by atoms with Crippen molar-refractivity contribution in [2.45, 2.75) is 18.9 Å². The van der Waals surface area contributed by atoms with Gasteiger partial charge in [0.15, 0.2) is 0 Å². The number of piperidine rings is 1. The van der Waals surface area contributed by atoms with E-state index in [0.29, 0.717) is 24.3 Å². The first-order chi connectivity index (χ1) is 13.6. The Labute approximate surface area is 163 Å². The summed E-state index contributed by atoms with van der Waals surface area (Å²) in [5.41, 5.74) is 2.19. The Bertz CT molecular complexity index is 953. The van der Waals surface area contributed by atoms with Crippen LogP contribution in [0.2, 0.25) is 0 Å². The summed E-state index contributed by atoms with van der Waals surface area (Å²) < 4.78 is 5.12. The Kier molecular flexibility index (Phi) is 5.02. The monoisotopic (exact) mass is 377 g/mol. The smallest absolute Gasteiger partial charge is 0.270 e. The molecule has 4 rings (SSSR count). The number of rotatable bonds is 4. The van der Waals surface area contributed by atoms with Gasteiger partial charge in [0.1, 0.15) is 11.4 Å². The van der Waals surface area contributed by atoms with Gasteiger partial charge in [-0.3, -0.25) is 9.59 Å². The number of ether oxygens (including phenoxy) is 1. The molecule has 0 unspecified atom stereocenters. The van der Waals surface area contributed by atoms with Gasteiger partial charge >= 0.3 is 0 Å². The van der Waals surface area contributed by atoms with Gasteiger partial charge in [-0.05, 0) is 49.2 Å². The normalized spacial score (nSPS) is 14.8. The average molecular weight is 377 g/mol. The van der Waals surface area contributed by atoms with Gasteiger partial charge in [-0.15, -0.1) is 0 Å². The molecule has 144 valence electrons. The summed E-state index contributed by atoms with van der Waals surface area (Å²) >= 11 is 0. The summed E-state index contributed by atoms with van der Waals surface area (Å²) in [5, 5.41) is 4.10. The maximum absolute atomic E-state index is 12.8. The fraction of sp³-hybridized carbons (Fsp3) is 0.273. The lowest BCUT2D eigenvalue weighted by atomic mass is 10.0. The van der Waals surface area contributed by atoms with Crippen LogP contribution in [0.5, 0.6) is 5.75 Å². The number of aromatic nitrogens is 1. The zero-order valence-corrected chi connectivity index (χ0v) is 15.8. The number of methoxy groups -OCH3 is 1. The van der Waals surface area contributed by atoms with E-state index in [1.807, 2.05) is 35.2 Å². The number of likely N-dealkylation sites (tertiary alicyclic amines) is 1. The molecule has 2 aromatic carbocycles. The predicted octanol–water partition coefficient (Wildman–Crippen LogP) is 3.21. The van der Waals surface area contributed by atoms with Crippen molar-refractivity contribution < 1.29 is 14.3 Å². The van der Waals surface area contributed by atoms with Gasteiger partial charge < -0.3 is 19.9 Å². The Morgan fingerprint density at radius 2 is 1.79 bits per heavy atom. The summed E-state index contributed by atoms with van der Waals surface area (Å²) in [6.07, 6.45) is 1.49. The molecule has 1 aliphatic heterocycles. The first kappa shape index (κ1) is 18.1. The molecule has 1 aromatic heterocycles. The molecule has 0 saturated carbocycles. The molecule has 28 heavy (non-hydrogen) atoms. The predicted molar refractivity (Wildman–Crippen MR) is 108 cm³/mol. The van der Waals surface area contributed by atoms with Gasteiger partial charge in [0, 0.05) is 35.6 Å². The van der Waals surface area contributed by atoms with Crippen molar-refractivity contribution in [2.24, 2.45) is 0 Å². The summed E-state index contributed by atoms with van der Waals surface area (Å²) in [6.45, 7) is 1.25. The molecule has 1 aliphatic rings. The van der Waals surface area contributed by atoms with Crippen molar-refractivity contribution in [1.82, 2.24) is 15.2 Å². The molecule has 1 saturated heterocycles. The molecule has 6 nitrogen and oxygen atoms in total. The Balaban J connectivity index is 1.33. The fourth-order valence-corrected chi connectivity index (χ4v) is 3.60. The Hall–Kier alpha value is -3.28. The number of aromatic amines is 1. The quantitative estimate of drug-likeness (QED) is 0.733. The summed E-state index contributed by atoms with van der Waals surface area (Å²) in [4.78, 5) is 30.2. The number of hydrogen-bond donors (Lipinski definition) is 2. The third kappa shape index (κ3) is 3.71. The third-order valence-electron chi connectivity index (χ3n) is 5.23. The fourth-order valence-electron chi connectivity index (χ4n) is 3.60. The van der Waals surface area contributed by atoms with Crippen molar-refractivity contribution in [1.29, 1.82) is 0 Å². The number of hydrogen-bond acceptors (Lipinski definition) is 3. The minimum Gasteiger partial charge on any atom is -0.497 e. The molecule has 0 radical (unpaired) electrons. The summed E-state index contributed by atoms with van der Waals surface area (Å²) in [5.74, 6) is 0.638. The van der Waals surface area contributed by atoms with Crippen molar-refractivity contribution in [3.63, 3.8) is 0 Å². The molecule has 2 N–H and O–H groups in total. The number of nitrogens with zero attached hydrogens (tertiary/aromatic N) is 1. The van der Waals surface area contributed by atoms with Crippen LogP contribution < -0.4 is 10.1 Å². The number of benzene rings is 2. The zero-order valence-electron chi connectivity index (χ0n) is 15.8. The standard InChI is InChI=1S/C22H23N3O3/c1-28-18-8-6-15(7-9-18)21(26)23-17-10-12-25(13-11-17)22(27)20-14-16-4-2-3-5-19(16)24-20/h2-9,14,17,24H,10-13H2,1H3,(H,23,26). The lowest BCUT2D eigenvalue weighted by Crippen LogP contribution is -2.46. The lowest BCUT2D eigenvalue weighted by molar-refractivity contribution is 0.0693. The summed E-state index contributed by atoms with van der Waals surface area (Å²) in [7, 11) is 1.60. The Morgan fingerprint density at radius 1 is 1.07 bits per heavy atom. The first-order valence-corrected chi connectivity index (χ1v) is 9.46. The molecular weight excluding hydrogens is 354 g/mol. The number of fused-ring (bicyclic) bond motifs is 1. The van der Waals surface area contributed by atoms with E-state index in [0.717, 1.165) is 29.5 Å². The van der Waals surface area contributed by atoms with Crippen LogP contribution in [0.1, 0.15) is 33.7 Å². The molecular formula is C22H23N3O3. The van der Waals surface area contributed by atoms with E-state index in [-0.39, 0.29) is 17.9 Å². The van der Waals surface area contributed by atoms with E-state index < -0.39 is 0 Å². The Morgan fingerprint density at radius 3 is 2.46 bits per heavy atom. The van der Waals surface area contributed by atoms with Crippen LogP contribution >= 0.6 is 0 Å². The highest BCUT2D eigenvalue weighted by atomic mass is 16.5. The van der Waals surface area contributed by atoms with Crippen LogP contribution in [0, 0.1) is 0 Å². The van der Waals surface area contributed by atoms with E-state index in [4.69, 9.17) is 4.74 Å². The molecule has 0 aliphatic carbocycles. The van der Waals surface area contributed by atoms with Crippen LogP contribution in [0.4, 0.5) is 0 Å². The number of nitrogens with one attached hydrogen (secondary N) is 2. The molecule has 0 spiro atoms. The molecule has 0 atom stereocenters. The number of para-hydroxylation sites is 1. The van der Waals surface area contributed by atoms with Crippen LogP contribution in [0.25, 0.3) is 10.9 Å². The highest BCUT2D eigenvalue weighted by Crippen LogP contribution is 2.19. The second-order valence-electron chi connectivity index (χ2n) is 7.04. The van der Waals surface area contributed by atoms with E-state index in [1.54, 1.807) is 31.4 Å². The highest BCUT2D eigenvalue weighted by Gasteiger charge is 2.25. The zero-order chi connectivity index (χ0) is 19.5. The second kappa shape index (κ2) is 7.76. The number of carbonyl (C=O) groups excluding carboxylic acids is 2. The SMILES string of the molecule is COc1ccc(C(=O)NC2CCN(C(=O)c3cc4ccccc4[nH]3)CC2)cc1. The minimum atomic E-state index is -0.0944. The largest absolute Gasteiger partial charge is 0.497 e. The third-order valence-corrected chi connectivity index (χ3v) is 5.23. The van der Waals surface area contributed by atoms with Gasteiger partial charge in [-0.1, -0.05) is 18.2 Å². The van der Waals surface area contributed by atoms with Crippen molar-refractivity contribution in [3.05, 3.63) is 65.9 Å². The highest BCUT2D eigenvalue weighted by molar-refractivity contribution is 5.98. The molecule has 2 amide bonds. The second-order valence-corrected chi connectivity index (χ2v) is 7.04. The number of H-pyrrole nitrogens is 1. The first-order valence-electron chi connectivity index (χ1n) is 9.46. The van der Waals surface area contributed by atoms with E-state index >= 15 is 0 Å². The van der Waals surface area contributed by atoms with Gasteiger partial charge in [0.05, 0.1) is 7.11 Å². The van der Waals surface area contributed by atoms with E-state index in [2.05, 4.69) is 10.3 Å². The van der Waals surface area contributed by atoms with Crippen molar-refractivity contribution in [2.75, 3.05) is 20.2 Å². The number of carbonyl (C=O) groups is 2. The lowest BCUT2D eigenvalue weighted by Gasteiger charge is -2.32.